The van der Waals surface area contributed by atoms with Gasteiger partial charge in [0.15, 0.2) is 0 Å². The Kier molecular flexibility index (Phi) is 6.00. The molecule has 27 heavy (non-hydrogen) atoms. The van der Waals surface area contributed by atoms with E-state index in [9.17, 15) is 13.2 Å². The van der Waals surface area contributed by atoms with Gasteiger partial charge in [-0.05, 0) is 55.0 Å². The highest BCUT2D eigenvalue weighted by Gasteiger charge is 2.23. The number of benzene rings is 1. The molecule has 0 bridgehead atoms. The van der Waals surface area contributed by atoms with Crippen LogP contribution in [0.1, 0.15) is 32.8 Å². The van der Waals surface area contributed by atoms with E-state index in [-0.39, 0.29) is 10.8 Å². The van der Waals surface area contributed by atoms with Crippen LogP contribution in [0.25, 0.3) is 0 Å². The molecule has 1 aromatic heterocycles. The zero-order valence-electron chi connectivity index (χ0n) is 15.6. The first kappa shape index (κ1) is 20.0. The molecule has 0 unspecified atom stereocenters. The standard InChI is InChI=1S/C19H25N3O3S2/c1-14-11-16(12-18(15(14)2)27(20,24)25)19(23)22-7-4-6-21(8-9-22)13-17-5-3-10-26-17/h3,5,10-12H,4,6-9,13H2,1-2H3,(H2,20,24,25). The quantitative estimate of drug-likeness (QED) is 0.843. The van der Waals surface area contributed by atoms with Crippen molar-refractivity contribution in [1.82, 2.24) is 9.80 Å². The molecule has 2 N–H and O–H groups in total. The highest BCUT2D eigenvalue weighted by atomic mass is 32.2. The van der Waals surface area contributed by atoms with Gasteiger partial charge in [0.1, 0.15) is 0 Å². The topological polar surface area (TPSA) is 83.7 Å². The normalized spacial score (nSPS) is 16.3. The van der Waals surface area contributed by atoms with E-state index < -0.39 is 10.0 Å². The summed E-state index contributed by atoms with van der Waals surface area (Å²) in [6, 6.07) is 7.34. The van der Waals surface area contributed by atoms with Crippen LogP contribution in [0.3, 0.4) is 0 Å². The van der Waals surface area contributed by atoms with Crippen molar-refractivity contribution >= 4 is 27.3 Å². The van der Waals surface area contributed by atoms with Crippen LogP contribution in [-0.2, 0) is 16.6 Å². The highest BCUT2D eigenvalue weighted by molar-refractivity contribution is 7.89. The number of rotatable bonds is 4. The third-order valence-electron chi connectivity index (χ3n) is 5.01. The Morgan fingerprint density at radius 3 is 2.63 bits per heavy atom. The zero-order valence-corrected chi connectivity index (χ0v) is 17.3. The summed E-state index contributed by atoms with van der Waals surface area (Å²) in [4.78, 5) is 18.5. The molecule has 0 radical (unpaired) electrons. The van der Waals surface area contributed by atoms with E-state index >= 15 is 0 Å². The van der Waals surface area contributed by atoms with Gasteiger partial charge in [0.2, 0.25) is 10.0 Å². The number of carbonyl (C=O) groups is 1. The Morgan fingerprint density at radius 1 is 1.19 bits per heavy atom. The number of aryl methyl sites for hydroxylation is 1. The van der Waals surface area contributed by atoms with Crippen LogP contribution in [-0.4, -0.2) is 50.3 Å². The molecule has 1 aliphatic heterocycles. The fourth-order valence-corrected chi connectivity index (χ4v) is 5.01. The molecule has 0 saturated carbocycles. The van der Waals surface area contributed by atoms with E-state index in [2.05, 4.69) is 22.4 Å². The van der Waals surface area contributed by atoms with Gasteiger partial charge in [-0.2, -0.15) is 0 Å². The Hall–Kier alpha value is -1.74. The smallest absolute Gasteiger partial charge is 0.253 e. The highest BCUT2D eigenvalue weighted by Crippen LogP contribution is 2.22. The largest absolute Gasteiger partial charge is 0.337 e. The zero-order chi connectivity index (χ0) is 19.6. The SMILES string of the molecule is Cc1cc(C(=O)N2CCCN(Cc3cccs3)CC2)cc(S(N)(=O)=O)c1C. The molecule has 1 fully saturated rings. The van der Waals surface area contributed by atoms with Crippen molar-refractivity contribution in [2.24, 2.45) is 5.14 Å². The van der Waals surface area contributed by atoms with Crippen LogP contribution < -0.4 is 5.14 Å². The van der Waals surface area contributed by atoms with Gasteiger partial charge in [-0.3, -0.25) is 9.69 Å². The lowest BCUT2D eigenvalue weighted by atomic mass is 10.1. The number of sulfonamides is 1. The van der Waals surface area contributed by atoms with E-state index in [1.807, 2.05) is 4.90 Å². The van der Waals surface area contributed by atoms with E-state index in [1.165, 1.54) is 10.9 Å². The van der Waals surface area contributed by atoms with Crippen molar-refractivity contribution in [2.75, 3.05) is 26.2 Å². The molecule has 1 amide bonds. The fourth-order valence-electron chi connectivity index (χ4n) is 3.38. The van der Waals surface area contributed by atoms with Gasteiger partial charge in [-0.15, -0.1) is 11.3 Å². The number of carbonyl (C=O) groups excluding carboxylic acids is 1. The van der Waals surface area contributed by atoms with Gasteiger partial charge in [-0.25, -0.2) is 13.6 Å². The number of amides is 1. The molecule has 2 aromatic rings. The minimum atomic E-state index is -3.87. The summed E-state index contributed by atoms with van der Waals surface area (Å²) in [5.74, 6) is -0.138. The number of nitrogens with two attached hydrogens (primary N) is 1. The predicted molar refractivity (Wildman–Crippen MR) is 107 cm³/mol. The molecule has 0 aliphatic carbocycles. The monoisotopic (exact) mass is 407 g/mol. The molecule has 1 aliphatic rings. The Labute approximate surface area is 164 Å². The van der Waals surface area contributed by atoms with E-state index in [1.54, 1.807) is 31.3 Å². The molecule has 0 spiro atoms. The maximum atomic E-state index is 13.0. The molecule has 146 valence electrons. The predicted octanol–water partition coefficient (Wildman–Crippen LogP) is 2.36. The summed E-state index contributed by atoms with van der Waals surface area (Å²) >= 11 is 1.74. The maximum absolute atomic E-state index is 13.0. The minimum Gasteiger partial charge on any atom is -0.337 e. The van der Waals surface area contributed by atoms with Gasteiger partial charge >= 0.3 is 0 Å². The summed E-state index contributed by atoms with van der Waals surface area (Å²) < 4.78 is 23.7. The first-order valence-electron chi connectivity index (χ1n) is 8.94. The average molecular weight is 408 g/mol. The fraction of sp³-hybridized carbons (Fsp3) is 0.421. The maximum Gasteiger partial charge on any atom is 0.253 e. The van der Waals surface area contributed by atoms with Crippen molar-refractivity contribution in [3.05, 3.63) is 51.2 Å². The molecular weight excluding hydrogens is 382 g/mol. The average Bonchev–Trinajstić information content (AvgIpc) is 3.00. The Morgan fingerprint density at radius 2 is 1.96 bits per heavy atom. The lowest BCUT2D eigenvalue weighted by molar-refractivity contribution is 0.0761. The van der Waals surface area contributed by atoms with Gasteiger partial charge in [0.05, 0.1) is 4.90 Å². The van der Waals surface area contributed by atoms with Crippen molar-refractivity contribution in [1.29, 1.82) is 0 Å². The molecule has 1 saturated heterocycles. The summed E-state index contributed by atoms with van der Waals surface area (Å²) in [5.41, 5.74) is 1.72. The molecule has 0 atom stereocenters. The number of hydrogen-bond acceptors (Lipinski definition) is 5. The van der Waals surface area contributed by atoms with Crippen LogP contribution in [0.4, 0.5) is 0 Å². The second-order valence-corrected chi connectivity index (χ2v) is 9.52. The Balaban J connectivity index is 1.75. The van der Waals surface area contributed by atoms with Gasteiger partial charge in [0, 0.05) is 43.2 Å². The lowest BCUT2D eigenvalue weighted by Gasteiger charge is -2.22. The molecule has 8 heteroatoms. The van der Waals surface area contributed by atoms with Crippen molar-refractivity contribution < 1.29 is 13.2 Å². The summed E-state index contributed by atoms with van der Waals surface area (Å²) in [7, 11) is -3.87. The third kappa shape index (κ3) is 4.76. The molecule has 3 rings (SSSR count). The van der Waals surface area contributed by atoms with Crippen molar-refractivity contribution in [2.45, 2.75) is 31.7 Å². The number of hydrogen-bond donors (Lipinski definition) is 1. The van der Waals surface area contributed by atoms with Crippen LogP contribution in [0.2, 0.25) is 0 Å². The first-order chi connectivity index (χ1) is 12.8. The van der Waals surface area contributed by atoms with Crippen LogP contribution >= 0.6 is 11.3 Å². The minimum absolute atomic E-state index is 0.0278. The molecule has 6 nitrogen and oxygen atoms in total. The summed E-state index contributed by atoms with van der Waals surface area (Å²) in [5, 5.41) is 7.40. The number of primary sulfonamides is 1. The summed E-state index contributed by atoms with van der Waals surface area (Å²) in [6.45, 7) is 7.44. The van der Waals surface area contributed by atoms with E-state index in [0.29, 0.717) is 24.2 Å². The number of thiophene rings is 1. The van der Waals surface area contributed by atoms with Gasteiger partial charge in [-0.1, -0.05) is 6.07 Å². The van der Waals surface area contributed by atoms with Gasteiger partial charge in [0.25, 0.3) is 5.91 Å². The third-order valence-corrected chi connectivity index (χ3v) is 6.91. The number of nitrogens with zero attached hydrogens (tertiary/aromatic N) is 2. The van der Waals surface area contributed by atoms with Crippen LogP contribution in [0, 0.1) is 13.8 Å². The van der Waals surface area contributed by atoms with Gasteiger partial charge < -0.3 is 4.90 Å². The molecule has 1 aromatic carbocycles. The lowest BCUT2D eigenvalue weighted by Crippen LogP contribution is -2.35. The van der Waals surface area contributed by atoms with Crippen LogP contribution in [0.15, 0.2) is 34.5 Å². The Bertz CT molecular complexity index is 924. The molecule has 2 heterocycles. The van der Waals surface area contributed by atoms with Crippen molar-refractivity contribution in [3.63, 3.8) is 0 Å². The second-order valence-electron chi connectivity index (χ2n) is 6.96. The molecular formula is C19H25N3O3S2. The van der Waals surface area contributed by atoms with E-state index in [0.717, 1.165) is 31.6 Å². The van der Waals surface area contributed by atoms with Crippen molar-refractivity contribution in [3.8, 4) is 0 Å². The summed E-state index contributed by atoms with van der Waals surface area (Å²) in [6.07, 6.45) is 0.893. The van der Waals surface area contributed by atoms with E-state index in [4.69, 9.17) is 5.14 Å². The first-order valence-corrected chi connectivity index (χ1v) is 11.4. The van der Waals surface area contributed by atoms with Crippen LogP contribution in [0.5, 0.6) is 0 Å². The second kappa shape index (κ2) is 8.10.